The largest absolute Gasteiger partial charge is 0.497 e. The maximum Gasteiger partial charge on any atom is 0.330 e. The second-order valence-electron chi connectivity index (χ2n) is 7.08. The van der Waals surface area contributed by atoms with Crippen molar-refractivity contribution in [3.05, 3.63) is 73.4 Å². The summed E-state index contributed by atoms with van der Waals surface area (Å²) in [5.41, 5.74) is 8.36. The van der Waals surface area contributed by atoms with Crippen LogP contribution in [-0.4, -0.2) is 47.5 Å². The molecule has 12 nitrogen and oxygen atoms in total. The van der Waals surface area contributed by atoms with Crippen molar-refractivity contribution in [2.45, 2.75) is 44.5 Å². The highest BCUT2D eigenvalue weighted by Crippen LogP contribution is 2.33. The highest BCUT2D eigenvalue weighted by atomic mass is 16.6. The van der Waals surface area contributed by atoms with Crippen molar-refractivity contribution >= 4 is 5.97 Å². The lowest BCUT2D eigenvalue weighted by atomic mass is 10.1. The number of nitrogens with zero attached hydrogens (tertiary/aromatic N) is 4. The smallest absolute Gasteiger partial charge is 0.330 e. The van der Waals surface area contributed by atoms with Crippen molar-refractivity contribution in [2.75, 3.05) is 13.7 Å². The first kappa shape index (κ1) is 23.1. The molecule has 1 N–H and O–H groups in total. The number of aromatic amines is 1. The molecule has 0 amide bonds. The molecule has 1 aromatic carbocycles. The van der Waals surface area contributed by atoms with Crippen LogP contribution >= 0.6 is 0 Å². The standard InChI is InChI=1S/C20H23N5O7/c1-12(26)31-16-9-15(32-19(16)25-8-7-18(27)23-20(25)28)17(10-22-24-21)30-11-13-3-5-14(29-2)6-4-13/h3-8,15-17,19H,9-11H2,1-2H3,(H,23,27,28)/t15-,16+,17+,19+/m0/s1. The van der Waals surface area contributed by atoms with E-state index in [1.165, 1.54) is 19.2 Å². The second-order valence-corrected chi connectivity index (χ2v) is 7.08. The van der Waals surface area contributed by atoms with Crippen molar-refractivity contribution in [2.24, 2.45) is 5.11 Å². The van der Waals surface area contributed by atoms with E-state index in [4.69, 9.17) is 24.5 Å². The maximum atomic E-state index is 12.2. The lowest BCUT2D eigenvalue weighted by Crippen LogP contribution is -2.36. The van der Waals surface area contributed by atoms with Crippen molar-refractivity contribution in [1.82, 2.24) is 9.55 Å². The monoisotopic (exact) mass is 445 g/mol. The fourth-order valence-electron chi connectivity index (χ4n) is 3.42. The van der Waals surface area contributed by atoms with Gasteiger partial charge in [-0.2, -0.15) is 0 Å². The quantitative estimate of drug-likeness (QED) is 0.266. The zero-order valence-electron chi connectivity index (χ0n) is 17.5. The van der Waals surface area contributed by atoms with E-state index in [2.05, 4.69) is 15.0 Å². The zero-order valence-corrected chi connectivity index (χ0v) is 17.5. The molecule has 4 atom stereocenters. The van der Waals surface area contributed by atoms with Gasteiger partial charge < -0.3 is 18.9 Å². The van der Waals surface area contributed by atoms with Gasteiger partial charge in [-0.1, -0.05) is 17.2 Å². The molecule has 0 spiro atoms. The molecule has 2 heterocycles. The number of rotatable bonds is 9. The van der Waals surface area contributed by atoms with Gasteiger partial charge in [-0.3, -0.25) is 19.1 Å². The van der Waals surface area contributed by atoms with E-state index >= 15 is 0 Å². The van der Waals surface area contributed by atoms with Crippen LogP contribution in [0.3, 0.4) is 0 Å². The minimum atomic E-state index is -0.980. The minimum absolute atomic E-state index is 0.0304. The van der Waals surface area contributed by atoms with Gasteiger partial charge in [0, 0.05) is 30.5 Å². The number of azide groups is 1. The predicted octanol–water partition coefficient (Wildman–Crippen LogP) is 1.66. The highest BCUT2D eigenvalue weighted by molar-refractivity contribution is 5.66. The van der Waals surface area contributed by atoms with Crippen LogP contribution in [0.15, 0.2) is 51.2 Å². The number of hydrogen-bond acceptors (Lipinski definition) is 8. The molecular weight excluding hydrogens is 422 g/mol. The number of carbonyl (C=O) groups excluding carboxylic acids is 1. The molecule has 1 fully saturated rings. The van der Waals surface area contributed by atoms with Gasteiger partial charge in [0.15, 0.2) is 6.23 Å². The number of nitrogens with one attached hydrogen (secondary N) is 1. The first-order chi connectivity index (χ1) is 15.4. The van der Waals surface area contributed by atoms with Crippen LogP contribution in [0.2, 0.25) is 0 Å². The van der Waals surface area contributed by atoms with Crippen molar-refractivity contribution < 1.29 is 23.7 Å². The third kappa shape index (κ3) is 5.76. The van der Waals surface area contributed by atoms with Gasteiger partial charge in [-0.05, 0) is 23.2 Å². The Labute approximate surface area is 182 Å². The molecular formula is C20H23N5O7. The highest BCUT2D eigenvalue weighted by Gasteiger charge is 2.43. The molecule has 1 aliphatic heterocycles. The van der Waals surface area contributed by atoms with Crippen LogP contribution in [0.1, 0.15) is 25.1 Å². The van der Waals surface area contributed by atoms with E-state index < -0.39 is 41.8 Å². The number of aromatic nitrogens is 2. The Morgan fingerprint density at radius 1 is 1.34 bits per heavy atom. The van der Waals surface area contributed by atoms with E-state index in [1.54, 1.807) is 19.2 Å². The van der Waals surface area contributed by atoms with E-state index in [9.17, 15) is 14.4 Å². The Balaban J connectivity index is 1.80. The summed E-state index contributed by atoms with van der Waals surface area (Å²) in [4.78, 5) is 40.2. The second kappa shape index (κ2) is 10.6. The molecule has 0 unspecified atom stereocenters. The Kier molecular flexibility index (Phi) is 7.66. The Morgan fingerprint density at radius 3 is 2.72 bits per heavy atom. The van der Waals surface area contributed by atoms with Gasteiger partial charge >= 0.3 is 11.7 Å². The molecule has 1 aromatic heterocycles. The molecule has 0 radical (unpaired) electrons. The first-order valence-electron chi connectivity index (χ1n) is 9.80. The molecule has 170 valence electrons. The molecule has 3 rings (SSSR count). The molecule has 0 bridgehead atoms. The summed E-state index contributed by atoms with van der Waals surface area (Å²) >= 11 is 0. The number of hydrogen-bond donors (Lipinski definition) is 1. The summed E-state index contributed by atoms with van der Waals surface area (Å²) in [6.45, 7) is 1.42. The summed E-state index contributed by atoms with van der Waals surface area (Å²) in [6.07, 6.45) is -1.64. The fraction of sp³-hybridized carbons (Fsp3) is 0.450. The average molecular weight is 445 g/mol. The zero-order chi connectivity index (χ0) is 23.1. The molecule has 2 aromatic rings. The Bertz CT molecular complexity index is 1090. The average Bonchev–Trinajstić information content (AvgIpc) is 3.16. The van der Waals surface area contributed by atoms with E-state index in [0.717, 1.165) is 10.1 Å². The van der Waals surface area contributed by atoms with Crippen LogP contribution in [0.4, 0.5) is 0 Å². The summed E-state index contributed by atoms with van der Waals surface area (Å²) in [7, 11) is 1.57. The molecule has 32 heavy (non-hydrogen) atoms. The van der Waals surface area contributed by atoms with Gasteiger partial charge in [-0.25, -0.2) is 4.79 Å². The lowest BCUT2D eigenvalue weighted by Gasteiger charge is -2.23. The number of H-pyrrole nitrogens is 1. The van der Waals surface area contributed by atoms with E-state index in [0.29, 0.717) is 5.75 Å². The van der Waals surface area contributed by atoms with Gasteiger partial charge in [0.25, 0.3) is 5.56 Å². The normalized spacial score (nSPS) is 20.9. The van der Waals surface area contributed by atoms with Gasteiger partial charge in [0.2, 0.25) is 0 Å². The molecule has 12 heteroatoms. The Hall–Kier alpha value is -3.60. The van der Waals surface area contributed by atoms with E-state index in [-0.39, 0.29) is 19.6 Å². The van der Waals surface area contributed by atoms with E-state index in [1.807, 2.05) is 12.1 Å². The Morgan fingerprint density at radius 2 is 2.09 bits per heavy atom. The van der Waals surface area contributed by atoms with Crippen molar-refractivity contribution in [3.63, 3.8) is 0 Å². The van der Waals surface area contributed by atoms with Crippen LogP contribution in [0.5, 0.6) is 5.75 Å². The summed E-state index contributed by atoms with van der Waals surface area (Å²) in [5.74, 6) is 0.157. The molecule has 1 saturated heterocycles. The summed E-state index contributed by atoms with van der Waals surface area (Å²) in [6, 6.07) is 8.43. The number of carbonyl (C=O) groups is 1. The third-order valence-corrected chi connectivity index (χ3v) is 4.90. The maximum absolute atomic E-state index is 12.2. The van der Waals surface area contributed by atoms with Crippen LogP contribution in [-0.2, 0) is 25.6 Å². The van der Waals surface area contributed by atoms with Gasteiger partial charge in [0.05, 0.1) is 32.5 Å². The predicted molar refractivity (Wildman–Crippen MR) is 111 cm³/mol. The number of ether oxygens (including phenoxy) is 4. The number of esters is 1. The van der Waals surface area contributed by atoms with Gasteiger partial charge in [0.1, 0.15) is 11.9 Å². The summed E-state index contributed by atoms with van der Waals surface area (Å²) in [5, 5.41) is 3.60. The van der Waals surface area contributed by atoms with Crippen LogP contribution in [0, 0.1) is 0 Å². The number of methoxy groups -OCH3 is 1. The fourth-order valence-corrected chi connectivity index (χ4v) is 3.42. The van der Waals surface area contributed by atoms with Crippen molar-refractivity contribution in [1.29, 1.82) is 0 Å². The molecule has 0 saturated carbocycles. The van der Waals surface area contributed by atoms with Crippen LogP contribution in [0.25, 0.3) is 10.4 Å². The first-order valence-corrected chi connectivity index (χ1v) is 9.80. The van der Waals surface area contributed by atoms with Crippen molar-refractivity contribution in [3.8, 4) is 5.75 Å². The third-order valence-electron chi connectivity index (χ3n) is 4.90. The van der Waals surface area contributed by atoms with Crippen LogP contribution < -0.4 is 16.0 Å². The SMILES string of the molecule is COc1ccc(CO[C@H](CN=[N+]=[N-])[C@@H]2C[C@@H](OC(C)=O)[C@H](n3ccc(=O)[nH]c3=O)O2)cc1. The lowest BCUT2D eigenvalue weighted by molar-refractivity contribution is -0.153. The molecule has 0 aliphatic carbocycles. The minimum Gasteiger partial charge on any atom is -0.497 e. The molecule has 1 aliphatic rings. The number of benzene rings is 1. The topological polar surface area (TPSA) is 158 Å². The summed E-state index contributed by atoms with van der Waals surface area (Å²) < 4.78 is 23.6. The van der Waals surface area contributed by atoms with Gasteiger partial charge in [-0.15, -0.1) is 0 Å².